The molecule has 1 aliphatic heterocycles. The van der Waals surface area contributed by atoms with Crippen molar-refractivity contribution in [2.75, 3.05) is 17.6 Å². The van der Waals surface area contributed by atoms with E-state index in [1.54, 1.807) is 0 Å². The van der Waals surface area contributed by atoms with Gasteiger partial charge in [0.25, 0.3) is 0 Å². The maximum Gasteiger partial charge on any atom is 0.131 e. The molecule has 0 unspecified atom stereocenters. The highest BCUT2D eigenvalue weighted by Gasteiger charge is 2.07. The van der Waals surface area contributed by atoms with Gasteiger partial charge in [0.05, 0.1) is 0 Å². The molecule has 3 N–H and O–H groups in total. The summed E-state index contributed by atoms with van der Waals surface area (Å²) >= 11 is 0. The van der Waals surface area contributed by atoms with E-state index in [1.165, 1.54) is 18.4 Å². The quantitative estimate of drug-likeness (QED) is 0.608. The van der Waals surface area contributed by atoms with Gasteiger partial charge in [-0.15, -0.1) is 0 Å². The highest BCUT2D eigenvalue weighted by molar-refractivity contribution is 5.50. The summed E-state index contributed by atoms with van der Waals surface area (Å²) in [4.78, 5) is 4.24. The monoisotopic (exact) mass is 163 g/mol. The number of rotatable bonds is 0. The Morgan fingerprint density at radius 2 is 2.25 bits per heavy atom. The zero-order valence-electron chi connectivity index (χ0n) is 7.01. The summed E-state index contributed by atoms with van der Waals surface area (Å²) in [5.41, 5.74) is 6.88. The number of fused-ring (bicyclic) bond motifs is 1. The van der Waals surface area contributed by atoms with Crippen molar-refractivity contribution < 1.29 is 0 Å². The molecule has 0 aromatic carbocycles. The Balaban J connectivity index is 2.36. The van der Waals surface area contributed by atoms with Gasteiger partial charge in [-0.3, -0.25) is 0 Å². The maximum absolute atomic E-state index is 5.58. The summed E-state index contributed by atoms with van der Waals surface area (Å²) in [6.07, 6.45) is 3.58. The summed E-state index contributed by atoms with van der Waals surface area (Å²) in [5.74, 6) is 1.58. The summed E-state index contributed by atoms with van der Waals surface area (Å²) in [6.45, 7) is 1.02. The SMILES string of the molecule is Nc1ccc2c(n1)NCCCC2. The molecule has 0 atom stereocenters. The van der Waals surface area contributed by atoms with Gasteiger partial charge in [-0.2, -0.15) is 0 Å². The fraction of sp³-hybridized carbons (Fsp3) is 0.444. The second-order valence-corrected chi connectivity index (χ2v) is 3.13. The zero-order chi connectivity index (χ0) is 8.39. The second kappa shape index (κ2) is 3.01. The van der Waals surface area contributed by atoms with E-state index in [9.17, 15) is 0 Å². The van der Waals surface area contributed by atoms with Gasteiger partial charge in [-0.25, -0.2) is 4.98 Å². The molecule has 0 bridgehead atoms. The Morgan fingerprint density at radius 1 is 1.33 bits per heavy atom. The topological polar surface area (TPSA) is 50.9 Å². The third kappa shape index (κ3) is 1.35. The van der Waals surface area contributed by atoms with E-state index in [-0.39, 0.29) is 0 Å². The number of pyridine rings is 1. The van der Waals surface area contributed by atoms with Crippen LogP contribution in [0.2, 0.25) is 0 Å². The van der Waals surface area contributed by atoms with Crippen molar-refractivity contribution in [2.45, 2.75) is 19.3 Å². The highest BCUT2D eigenvalue weighted by Crippen LogP contribution is 2.19. The van der Waals surface area contributed by atoms with Crippen molar-refractivity contribution in [2.24, 2.45) is 0 Å². The molecule has 64 valence electrons. The summed E-state index contributed by atoms with van der Waals surface area (Å²) in [6, 6.07) is 3.93. The zero-order valence-corrected chi connectivity index (χ0v) is 7.01. The van der Waals surface area contributed by atoms with Crippen LogP contribution >= 0.6 is 0 Å². The van der Waals surface area contributed by atoms with Crippen molar-refractivity contribution in [3.63, 3.8) is 0 Å². The van der Waals surface area contributed by atoms with Crippen LogP contribution in [0.25, 0.3) is 0 Å². The molecule has 0 spiro atoms. The number of anilines is 2. The summed E-state index contributed by atoms with van der Waals surface area (Å²) < 4.78 is 0. The number of hydrogen-bond donors (Lipinski definition) is 2. The molecule has 2 heterocycles. The van der Waals surface area contributed by atoms with Crippen molar-refractivity contribution in [1.29, 1.82) is 0 Å². The number of nitrogen functional groups attached to an aromatic ring is 1. The number of aromatic nitrogens is 1. The third-order valence-electron chi connectivity index (χ3n) is 2.17. The van der Waals surface area contributed by atoms with Gasteiger partial charge in [-0.05, 0) is 30.9 Å². The van der Waals surface area contributed by atoms with E-state index < -0.39 is 0 Å². The number of hydrogen-bond acceptors (Lipinski definition) is 3. The molecule has 3 heteroatoms. The highest BCUT2D eigenvalue weighted by atomic mass is 15.0. The van der Waals surface area contributed by atoms with Gasteiger partial charge < -0.3 is 11.1 Å². The predicted molar refractivity (Wildman–Crippen MR) is 50.1 cm³/mol. The van der Waals surface area contributed by atoms with Crippen LogP contribution in [0.4, 0.5) is 11.6 Å². The van der Waals surface area contributed by atoms with E-state index in [0.717, 1.165) is 18.8 Å². The smallest absolute Gasteiger partial charge is 0.131 e. The van der Waals surface area contributed by atoms with Crippen LogP contribution < -0.4 is 11.1 Å². The minimum Gasteiger partial charge on any atom is -0.384 e. The average molecular weight is 163 g/mol. The van der Waals surface area contributed by atoms with Crippen LogP contribution in [0.1, 0.15) is 18.4 Å². The van der Waals surface area contributed by atoms with Gasteiger partial charge in [0.2, 0.25) is 0 Å². The maximum atomic E-state index is 5.58. The fourth-order valence-corrected chi connectivity index (χ4v) is 1.51. The fourth-order valence-electron chi connectivity index (χ4n) is 1.51. The van der Waals surface area contributed by atoms with Crippen molar-refractivity contribution in [3.8, 4) is 0 Å². The van der Waals surface area contributed by atoms with Crippen LogP contribution in [-0.2, 0) is 6.42 Å². The molecule has 1 aromatic rings. The minimum atomic E-state index is 0.600. The second-order valence-electron chi connectivity index (χ2n) is 3.13. The molecule has 1 aromatic heterocycles. The third-order valence-corrected chi connectivity index (χ3v) is 2.17. The Kier molecular flexibility index (Phi) is 1.86. The summed E-state index contributed by atoms with van der Waals surface area (Å²) in [7, 11) is 0. The first kappa shape index (κ1) is 7.40. The molecule has 0 aliphatic carbocycles. The van der Waals surface area contributed by atoms with Crippen molar-refractivity contribution >= 4 is 11.6 Å². The van der Waals surface area contributed by atoms with Crippen LogP contribution in [-0.4, -0.2) is 11.5 Å². The number of aryl methyl sites for hydroxylation is 1. The molecule has 0 amide bonds. The molecule has 0 saturated carbocycles. The number of nitrogens with two attached hydrogens (primary N) is 1. The van der Waals surface area contributed by atoms with Crippen LogP contribution in [0.3, 0.4) is 0 Å². The van der Waals surface area contributed by atoms with Gasteiger partial charge in [0.1, 0.15) is 11.6 Å². The van der Waals surface area contributed by atoms with E-state index in [2.05, 4.69) is 16.4 Å². The minimum absolute atomic E-state index is 0.600. The lowest BCUT2D eigenvalue weighted by molar-refractivity contribution is 0.785. The van der Waals surface area contributed by atoms with Crippen LogP contribution in [0.15, 0.2) is 12.1 Å². The Bertz CT molecular complexity index is 283. The predicted octanol–water partition coefficient (Wildman–Crippen LogP) is 1.41. The molecule has 2 rings (SSSR count). The first-order valence-corrected chi connectivity index (χ1v) is 4.35. The molecular formula is C9H13N3. The summed E-state index contributed by atoms with van der Waals surface area (Å²) in [5, 5.41) is 3.27. The number of nitrogens with zero attached hydrogens (tertiary/aromatic N) is 1. The number of nitrogens with one attached hydrogen (secondary N) is 1. The van der Waals surface area contributed by atoms with Gasteiger partial charge >= 0.3 is 0 Å². The Labute approximate surface area is 72.0 Å². The van der Waals surface area contributed by atoms with Crippen molar-refractivity contribution in [3.05, 3.63) is 17.7 Å². The van der Waals surface area contributed by atoms with Gasteiger partial charge in [0.15, 0.2) is 0 Å². The standard InChI is InChI=1S/C9H13N3/c10-8-5-4-7-3-1-2-6-11-9(7)12-8/h4-5H,1-3,6H2,(H3,10,11,12). The molecule has 0 fully saturated rings. The lowest BCUT2D eigenvalue weighted by Gasteiger charge is -2.05. The molecule has 0 radical (unpaired) electrons. The molecular weight excluding hydrogens is 150 g/mol. The lowest BCUT2D eigenvalue weighted by atomic mass is 10.1. The lowest BCUT2D eigenvalue weighted by Crippen LogP contribution is -2.03. The van der Waals surface area contributed by atoms with E-state index >= 15 is 0 Å². The van der Waals surface area contributed by atoms with E-state index in [4.69, 9.17) is 5.73 Å². The van der Waals surface area contributed by atoms with E-state index in [1.807, 2.05) is 6.07 Å². The molecule has 12 heavy (non-hydrogen) atoms. The Morgan fingerprint density at radius 3 is 3.17 bits per heavy atom. The molecule has 1 aliphatic rings. The first-order valence-electron chi connectivity index (χ1n) is 4.35. The van der Waals surface area contributed by atoms with Crippen LogP contribution in [0, 0.1) is 0 Å². The van der Waals surface area contributed by atoms with Crippen LogP contribution in [0.5, 0.6) is 0 Å². The normalized spacial score (nSPS) is 16.0. The first-order chi connectivity index (χ1) is 5.86. The largest absolute Gasteiger partial charge is 0.384 e. The van der Waals surface area contributed by atoms with Gasteiger partial charge in [0, 0.05) is 6.54 Å². The molecule has 0 saturated heterocycles. The van der Waals surface area contributed by atoms with Gasteiger partial charge in [-0.1, -0.05) is 6.07 Å². The van der Waals surface area contributed by atoms with Crippen molar-refractivity contribution in [1.82, 2.24) is 4.98 Å². The molecule has 3 nitrogen and oxygen atoms in total. The Hall–Kier alpha value is -1.25. The average Bonchev–Trinajstić information content (AvgIpc) is 2.28. The van der Waals surface area contributed by atoms with E-state index in [0.29, 0.717) is 5.82 Å².